The van der Waals surface area contributed by atoms with Gasteiger partial charge in [-0.15, -0.1) is 10.2 Å². The number of halogens is 1. The highest BCUT2D eigenvalue weighted by Crippen LogP contribution is 2.32. The van der Waals surface area contributed by atoms with Crippen molar-refractivity contribution in [2.45, 2.75) is 25.9 Å². The zero-order valence-electron chi connectivity index (χ0n) is 18.1. The van der Waals surface area contributed by atoms with E-state index in [-0.39, 0.29) is 11.7 Å². The molecule has 1 heterocycles. The minimum atomic E-state index is -0.0959. The molecule has 0 unspecified atom stereocenters. The molecule has 1 amide bonds. The lowest BCUT2D eigenvalue weighted by Gasteiger charge is -2.12. The number of aryl methyl sites for hydroxylation is 2. The van der Waals surface area contributed by atoms with Gasteiger partial charge in [0.1, 0.15) is 0 Å². The van der Waals surface area contributed by atoms with Crippen LogP contribution in [0.2, 0.25) is 5.02 Å². The van der Waals surface area contributed by atoms with E-state index in [1.165, 1.54) is 11.8 Å². The lowest BCUT2D eigenvalue weighted by molar-refractivity contribution is -0.113. The van der Waals surface area contributed by atoms with E-state index in [0.29, 0.717) is 16.0 Å². The zero-order valence-corrected chi connectivity index (χ0v) is 19.7. The third-order valence-corrected chi connectivity index (χ3v) is 6.51. The second kappa shape index (κ2) is 9.59. The number of carbonyl (C=O) groups excluding carboxylic acids is 1. The Morgan fingerprint density at radius 1 is 0.969 bits per heavy atom. The molecular formula is C25H23ClN4OS. The van der Waals surface area contributed by atoms with Gasteiger partial charge >= 0.3 is 0 Å². The molecule has 0 aliphatic rings. The monoisotopic (exact) mass is 462 g/mol. The fourth-order valence-corrected chi connectivity index (χ4v) is 4.28. The summed E-state index contributed by atoms with van der Waals surface area (Å²) in [5.74, 6) is 0.748. The second-order valence-corrected chi connectivity index (χ2v) is 8.89. The van der Waals surface area contributed by atoms with Gasteiger partial charge in [0.25, 0.3) is 0 Å². The maximum atomic E-state index is 12.7. The van der Waals surface area contributed by atoms with Crippen LogP contribution in [-0.2, 0) is 4.79 Å². The van der Waals surface area contributed by atoms with Gasteiger partial charge in [0, 0.05) is 16.9 Å². The third-order valence-electron chi connectivity index (χ3n) is 5.25. The molecule has 5 nitrogen and oxygen atoms in total. The van der Waals surface area contributed by atoms with Gasteiger partial charge in [0.15, 0.2) is 11.0 Å². The number of carbonyl (C=O) groups is 1. The number of anilines is 1. The summed E-state index contributed by atoms with van der Waals surface area (Å²) in [6.45, 7) is 6.07. The maximum Gasteiger partial charge on any atom is 0.234 e. The first-order valence-corrected chi connectivity index (χ1v) is 11.6. The first-order chi connectivity index (χ1) is 15.4. The molecule has 7 heteroatoms. The van der Waals surface area contributed by atoms with E-state index >= 15 is 0 Å². The average molecular weight is 463 g/mol. The van der Waals surface area contributed by atoms with Crippen LogP contribution in [0.1, 0.15) is 16.7 Å². The van der Waals surface area contributed by atoms with Gasteiger partial charge in [0.2, 0.25) is 5.91 Å². The van der Waals surface area contributed by atoms with E-state index in [0.717, 1.165) is 33.6 Å². The van der Waals surface area contributed by atoms with Crippen LogP contribution in [0, 0.1) is 20.8 Å². The van der Waals surface area contributed by atoms with E-state index in [1.54, 1.807) is 0 Å². The molecule has 0 bridgehead atoms. The normalized spacial score (nSPS) is 10.9. The topological polar surface area (TPSA) is 59.8 Å². The van der Waals surface area contributed by atoms with E-state index in [4.69, 9.17) is 11.6 Å². The molecular weight excluding hydrogens is 440 g/mol. The fraction of sp³-hybridized carbons (Fsp3) is 0.160. The molecule has 0 radical (unpaired) electrons. The first-order valence-electron chi connectivity index (χ1n) is 10.2. The summed E-state index contributed by atoms with van der Waals surface area (Å²) in [5.41, 5.74) is 5.88. The van der Waals surface area contributed by atoms with Crippen molar-refractivity contribution >= 4 is 35.0 Å². The molecule has 0 spiro atoms. The van der Waals surface area contributed by atoms with Crippen molar-refractivity contribution in [3.63, 3.8) is 0 Å². The van der Waals surface area contributed by atoms with Crippen molar-refractivity contribution in [3.8, 4) is 17.1 Å². The zero-order chi connectivity index (χ0) is 22.7. The van der Waals surface area contributed by atoms with Crippen molar-refractivity contribution in [1.29, 1.82) is 0 Å². The molecule has 0 saturated carbocycles. The van der Waals surface area contributed by atoms with Crippen molar-refractivity contribution in [3.05, 3.63) is 88.4 Å². The minimum absolute atomic E-state index is 0.0959. The predicted octanol–water partition coefficient (Wildman–Crippen LogP) is 6.24. The standard InChI is InChI=1S/C25H23ClN4OS/c1-16-11-13-19(14-12-16)30-24(20-8-4-5-9-21(20)26)28-29-25(30)32-15-23(31)27-22-10-6-7-17(2)18(22)3/h4-14H,15H2,1-3H3,(H,27,31). The molecule has 0 aliphatic carbocycles. The average Bonchev–Trinajstić information content (AvgIpc) is 3.20. The molecule has 32 heavy (non-hydrogen) atoms. The predicted molar refractivity (Wildman–Crippen MR) is 132 cm³/mol. The van der Waals surface area contributed by atoms with Gasteiger partial charge in [-0.2, -0.15) is 0 Å². The Morgan fingerprint density at radius 3 is 2.47 bits per heavy atom. The molecule has 0 aliphatic heterocycles. The van der Waals surface area contributed by atoms with Crippen LogP contribution in [0.15, 0.2) is 71.9 Å². The van der Waals surface area contributed by atoms with Crippen molar-refractivity contribution in [2.24, 2.45) is 0 Å². The van der Waals surface area contributed by atoms with E-state index < -0.39 is 0 Å². The number of rotatable bonds is 6. The molecule has 0 atom stereocenters. The number of aromatic nitrogens is 3. The smallest absolute Gasteiger partial charge is 0.234 e. The van der Waals surface area contributed by atoms with Crippen LogP contribution in [0.4, 0.5) is 5.69 Å². The number of amides is 1. The number of hydrogen-bond acceptors (Lipinski definition) is 4. The summed E-state index contributed by atoms with van der Waals surface area (Å²) < 4.78 is 1.94. The lowest BCUT2D eigenvalue weighted by Crippen LogP contribution is -2.15. The van der Waals surface area contributed by atoms with Crippen LogP contribution < -0.4 is 5.32 Å². The summed E-state index contributed by atoms with van der Waals surface area (Å²) in [6, 6.07) is 21.5. The molecule has 0 fully saturated rings. The number of nitrogens with one attached hydrogen (secondary N) is 1. The van der Waals surface area contributed by atoms with Gasteiger partial charge in [-0.05, 0) is 62.2 Å². The van der Waals surface area contributed by atoms with E-state index in [1.807, 2.05) is 92.1 Å². The Balaban J connectivity index is 1.62. The number of thioether (sulfide) groups is 1. The Bertz CT molecular complexity index is 1270. The molecule has 0 saturated heterocycles. The highest BCUT2D eigenvalue weighted by atomic mass is 35.5. The molecule has 4 rings (SSSR count). The fourth-order valence-electron chi connectivity index (χ4n) is 3.31. The van der Waals surface area contributed by atoms with Gasteiger partial charge in [-0.3, -0.25) is 9.36 Å². The molecule has 162 valence electrons. The van der Waals surface area contributed by atoms with Crippen LogP contribution in [-0.4, -0.2) is 26.4 Å². The summed E-state index contributed by atoms with van der Waals surface area (Å²) in [5, 5.41) is 13.0. The lowest BCUT2D eigenvalue weighted by atomic mass is 10.1. The Morgan fingerprint density at radius 2 is 1.72 bits per heavy atom. The van der Waals surface area contributed by atoms with Crippen LogP contribution in [0.3, 0.4) is 0 Å². The Labute approximate surface area is 196 Å². The van der Waals surface area contributed by atoms with Gasteiger partial charge in [-0.25, -0.2) is 0 Å². The van der Waals surface area contributed by atoms with Crippen molar-refractivity contribution in [1.82, 2.24) is 14.8 Å². The summed E-state index contributed by atoms with van der Waals surface area (Å²) in [6.07, 6.45) is 0. The minimum Gasteiger partial charge on any atom is -0.325 e. The van der Waals surface area contributed by atoms with E-state index in [2.05, 4.69) is 15.5 Å². The largest absolute Gasteiger partial charge is 0.325 e. The quantitative estimate of drug-likeness (QED) is 0.344. The highest BCUT2D eigenvalue weighted by molar-refractivity contribution is 7.99. The highest BCUT2D eigenvalue weighted by Gasteiger charge is 2.19. The SMILES string of the molecule is Cc1ccc(-n2c(SCC(=O)Nc3cccc(C)c3C)nnc2-c2ccccc2Cl)cc1. The van der Waals surface area contributed by atoms with Crippen molar-refractivity contribution < 1.29 is 4.79 Å². The van der Waals surface area contributed by atoms with Gasteiger partial charge in [-0.1, -0.05) is 65.3 Å². The van der Waals surface area contributed by atoms with Gasteiger partial charge < -0.3 is 5.32 Å². The number of nitrogens with zero attached hydrogens (tertiary/aromatic N) is 3. The second-order valence-electron chi connectivity index (χ2n) is 7.54. The number of benzene rings is 3. The van der Waals surface area contributed by atoms with Crippen LogP contribution in [0.25, 0.3) is 17.1 Å². The maximum absolute atomic E-state index is 12.7. The first kappa shape index (κ1) is 22.1. The summed E-state index contributed by atoms with van der Waals surface area (Å²) in [7, 11) is 0. The Kier molecular flexibility index (Phi) is 6.63. The van der Waals surface area contributed by atoms with Crippen LogP contribution >= 0.6 is 23.4 Å². The summed E-state index contributed by atoms with van der Waals surface area (Å²) >= 11 is 7.79. The Hall–Kier alpha value is -3.09. The summed E-state index contributed by atoms with van der Waals surface area (Å²) in [4.78, 5) is 12.7. The van der Waals surface area contributed by atoms with Gasteiger partial charge in [0.05, 0.1) is 10.8 Å². The van der Waals surface area contributed by atoms with Crippen molar-refractivity contribution in [2.75, 3.05) is 11.1 Å². The third kappa shape index (κ3) is 4.71. The molecule has 1 aromatic heterocycles. The number of hydrogen-bond donors (Lipinski definition) is 1. The molecule has 4 aromatic rings. The van der Waals surface area contributed by atoms with E-state index in [9.17, 15) is 4.79 Å². The van der Waals surface area contributed by atoms with Crippen LogP contribution in [0.5, 0.6) is 0 Å². The molecule has 1 N–H and O–H groups in total. The molecule has 3 aromatic carbocycles.